The third-order valence-electron chi connectivity index (χ3n) is 5.59. The molecule has 0 fully saturated rings. The molecule has 2 amide bonds. The van der Waals surface area contributed by atoms with Gasteiger partial charge >= 0.3 is 0 Å². The van der Waals surface area contributed by atoms with Crippen molar-refractivity contribution in [3.63, 3.8) is 0 Å². The lowest BCUT2D eigenvalue weighted by molar-refractivity contribution is -0.896. The van der Waals surface area contributed by atoms with Crippen molar-refractivity contribution in [1.82, 2.24) is 9.80 Å². The smallest absolute Gasteiger partial charge is 0.269 e. The summed E-state index contributed by atoms with van der Waals surface area (Å²) < 4.78 is 0. The molecule has 0 atom stereocenters. The maximum absolute atomic E-state index is 13.1. The fourth-order valence-corrected chi connectivity index (χ4v) is 3.51. The normalized spacial score (nSPS) is 10.8. The zero-order valence-electron chi connectivity index (χ0n) is 19.1. The highest BCUT2D eigenvalue weighted by Crippen LogP contribution is 2.14. The van der Waals surface area contributed by atoms with Crippen molar-refractivity contribution in [2.45, 2.75) is 26.8 Å². The molecule has 2 aromatic rings. The Morgan fingerprint density at radius 1 is 1.00 bits per heavy atom. The van der Waals surface area contributed by atoms with Crippen LogP contribution < -0.4 is 4.90 Å². The van der Waals surface area contributed by atoms with Gasteiger partial charge in [0.2, 0.25) is 5.91 Å². The Morgan fingerprint density at radius 3 is 2.19 bits per heavy atom. The molecule has 0 radical (unpaired) electrons. The van der Waals surface area contributed by atoms with Crippen LogP contribution in [0.25, 0.3) is 0 Å². The molecule has 0 saturated carbocycles. The van der Waals surface area contributed by atoms with E-state index in [1.807, 2.05) is 30.3 Å². The van der Waals surface area contributed by atoms with Gasteiger partial charge in [-0.05, 0) is 31.5 Å². The Balaban J connectivity index is 2.10. The maximum Gasteiger partial charge on any atom is 0.269 e. The number of nitro groups is 1. The molecule has 0 unspecified atom stereocenters. The number of benzene rings is 2. The fraction of sp³-hybridized carbons (Fsp3) is 0.417. The van der Waals surface area contributed by atoms with Crippen LogP contribution in [0, 0.1) is 10.1 Å². The van der Waals surface area contributed by atoms with E-state index < -0.39 is 4.92 Å². The van der Waals surface area contributed by atoms with E-state index in [1.165, 1.54) is 29.2 Å². The van der Waals surface area contributed by atoms with Crippen LogP contribution in [0.3, 0.4) is 0 Å². The van der Waals surface area contributed by atoms with E-state index in [2.05, 4.69) is 13.8 Å². The van der Waals surface area contributed by atoms with Gasteiger partial charge < -0.3 is 14.7 Å². The molecule has 0 aliphatic rings. The van der Waals surface area contributed by atoms with Crippen molar-refractivity contribution in [2.24, 2.45) is 0 Å². The van der Waals surface area contributed by atoms with Gasteiger partial charge in [-0.3, -0.25) is 19.7 Å². The molecule has 1 N–H and O–H groups in total. The standard InChI is InChI=1S/C24H32N4O4/c1-4-26(5-2)16-9-17-27(24(30)21-12-14-22(15-13-21)28(31)32)19-23(29)25(3)18-20-10-7-6-8-11-20/h6-8,10-15H,4-5,9,16-19H2,1-3H3/p+1. The highest BCUT2D eigenvalue weighted by molar-refractivity contribution is 5.96. The van der Waals surface area contributed by atoms with Crippen LogP contribution in [-0.2, 0) is 11.3 Å². The first-order valence-corrected chi connectivity index (χ1v) is 11.0. The van der Waals surface area contributed by atoms with E-state index in [4.69, 9.17) is 0 Å². The van der Waals surface area contributed by atoms with E-state index in [0.717, 1.165) is 31.6 Å². The van der Waals surface area contributed by atoms with Crippen molar-refractivity contribution < 1.29 is 19.4 Å². The Labute approximate surface area is 189 Å². The van der Waals surface area contributed by atoms with Crippen LogP contribution in [-0.4, -0.2) is 66.3 Å². The Morgan fingerprint density at radius 2 is 1.62 bits per heavy atom. The molecule has 8 nitrogen and oxygen atoms in total. The molecular weight excluding hydrogens is 408 g/mol. The second-order valence-corrected chi connectivity index (χ2v) is 7.83. The van der Waals surface area contributed by atoms with Crippen molar-refractivity contribution in [3.8, 4) is 0 Å². The average molecular weight is 442 g/mol. The maximum atomic E-state index is 13.1. The monoisotopic (exact) mass is 441 g/mol. The van der Waals surface area contributed by atoms with E-state index in [9.17, 15) is 19.7 Å². The van der Waals surface area contributed by atoms with Crippen molar-refractivity contribution in [3.05, 3.63) is 75.8 Å². The molecule has 2 rings (SSSR count). The fourth-order valence-electron chi connectivity index (χ4n) is 3.51. The third kappa shape index (κ3) is 7.46. The van der Waals surface area contributed by atoms with Gasteiger partial charge in [0.15, 0.2) is 0 Å². The van der Waals surface area contributed by atoms with Gasteiger partial charge in [-0.1, -0.05) is 30.3 Å². The minimum absolute atomic E-state index is 0.0350. The summed E-state index contributed by atoms with van der Waals surface area (Å²) in [7, 11) is 1.73. The van der Waals surface area contributed by atoms with Gasteiger partial charge in [0, 0.05) is 44.3 Å². The van der Waals surface area contributed by atoms with Gasteiger partial charge in [-0.25, -0.2) is 0 Å². The zero-order valence-corrected chi connectivity index (χ0v) is 19.1. The second kappa shape index (κ2) is 12.6. The number of nitro benzene ring substituents is 1. The predicted octanol–water partition coefficient (Wildman–Crippen LogP) is 2.01. The number of nitrogens with zero attached hydrogens (tertiary/aromatic N) is 3. The van der Waals surface area contributed by atoms with Crippen molar-refractivity contribution in [1.29, 1.82) is 0 Å². The molecule has 32 heavy (non-hydrogen) atoms. The molecule has 0 aliphatic heterocycles. The Kier molecular flexibility index (Phi) is 9.81. The van der Waals surface area contributed by atoms with Crippen molar-refractivity contribution >= 4 is 17.5 Å². The van der Waals surface area contributed by atoms with E-state index in [0.29, 0.717) is 18.7 Å². The average Bonchev–Trinajstić information content (AvgIpc) is 2.81. The highest BCUT2D eigenvalue weighted by atomic mass is 16.6. The lowest BCUT2D eigenvalue weighted by Crippen LogP contribution is -3.11. The van der Waals surface area contributed by atoms with Crippen LogP contribution in [0.2, 0.25) is 0 Å². The lowest BCUT2D eigenvalue weighted by Gasteiger charge is -2.26. The number of carbonyl (C=O) groups is 2. The topological polar surface area (TPSA) is 88.2 Å². The Bertz CT molecular complexity index is 883. The Hall–Kier alpha value is -3.26. The SMILES string of the molecule is CC[NH+](CC)CCCN(CC(=O)N(C)Cc1ccccc1)C(=O)c1ccc([N+](=O)[O-])cc1. The van der Waals surface area contributed by atoms with Gasteiger partial charge in [0.1, 0.15) is 6.54 Å². The highest BCUT2D eigenvalue weighted by Gasteiger charge is 2.22. The molecular formula is C24H33N4O4+. The molecule has 2 aromatic carbocycles. The molecule has 0 aromatic heterocycles. The lowest BCUT2D eigenvalue weighted by atomic mass is 10.1. The van der Waals surface area contributed by atoms with E-state index in [1.54, 1.807) is 16.8 Å². The quantitative estimate of drug-likeness (QED) is 0.403. The number of hydrogen-bond acceptors (Lipinski definition) is 4. The van der Waals surface area contributed by atoms with Gasteiger partial charge in [-0.15, -0.1) is 0 Å². The number of likely N-dealkylation sites (N-methyl/N-ethyl adjacent to an activating group) is 1. The van der Waals surface area contributed by atoms with Crippen LogP contribution in [0.1, 0.15) is 36.2 Å². The number of rotatable bonds is 12. The summed E-state index contributed by atoms with van der Waals surface area (Å²) in [5.41, 5.74) is 1.28. The zero-order chi connectivity index (χ0) is 23.5. The number of hydrogen-bond donors (Lipinski definition) is 1. The summed E-state index contributed by atoms with van der Waals surface area (Å²) >= 11 is 0. The van der Waals surface area contributed by atoms with Gasteiger partial charge in [0.05, 0.1) is 24.6 Å². The summed E-state index contributed by atoms with van der Waals surface area (Å²) in [4.78, 5) is 41.0. The van der Waals surface area contributed by atoms with Gasteiger partial charge in [-0.2, -0.15) is 0 Å². The number of non-ortho nitro benzene ring substituents is 1. The second-order valence-electron chi connectivity index (χ2n) is 7.83. The minimum Gasteiger partial charge on any atom is -0.340 e. The molecule has 0 bridgehead atoms. The van der Waals surface area contributed by atoms with E-state index in [-0.39, 0.29) is 24.0 Å². The summed E-state index contributed by atoms with van der Waals surface area (Å²) in [6, 6.07) is 15.2. The summed E-state index contributed by atoms with van der Waals surface area (Å²) in [5, 5.41) is 10.9. The summed E-state index contributed by atoms with van der Waals surface area (Å²) in [6.45, 7) is 8.05. The molecule has 0 heterocycles. The molecule has 172 valence electrons. The van der Waals surface area contributed by atoms with Crippen LogP contribution in [0.15, 0.2) is 54.6 Å². The number of carbonyl (C=O) groups excluding carboxylic acids is 2. The minimum atomic E-state index is -0.499. The first kappa shape index (κ1) is 25.0. The summed E-state index contributed by atoms with van der Waals surface area (Å²) in [6.07, 6.45) is 0.769. The molecule has 0 aliphatic carbocycles. The molecule has 0 spiro atoms. The predicted molar refractivity (Wildman–Crippen MR) is 123 cm³/mol. The molecule has 0 saturated heterocycles. The number of amides is 2. The van der Waals surface area contributed by atoms with Crippen LogP contribution in [0.4, 0.5) is 5.69 Å². The van der Waals surface area contributed by atoms with Gasteiger partial charge in [0.25, 0.3) is 11.6 Å². The molecule has 8 heteroatoms. The van der Waals surface area contributed by atoms with E-state index >= 15 is 0 Å². The first-order valence-electron chi connectivity index (χ1n) is 11.0. The van der Waals surface area contributed by atoms with Crippen LogP contribution in [0.5, 0.6) is 0 Å². The largest absolute Gasteiger partial charge is 0.340 e. The number of nitrogens with one attached hydrogen (secondary N) is 1. The van der Waals surface area contributed by atoms with Crippen LogP contribution >= 0.6 is 0 Å². The van der Waals surface area contributed by atoms with Crippen molar-refractivity contribution in [2.75, 3.05) is 39.8 Å². The first-order chi connectivity index (χ1) is 15.3. The number of quaternary nitrogens is 1. The third-order valence-corrected chi connectivity index (χ3v) is 5.59. The summed E-state index contributed by atoms with van der Waals surface area (Å²) in [5.74, 6) is -0.449.